The van der Waals surface area contributed by atoms with Crippen LogP contribution in [-0.4, -0.2) is 35.4 Å². The van der Waals surface area contributed by atoms with Crippen LogP contribution in [0.2, 0.25) is 0 Å². The van der Waals surface area contributed by atoms with E-state index < -0.39 is 5.54 Å². The summed E-state index contributed by atoms with van der Waals surface area (Å²) in [5, 5.41) is 7.16. The molecule has 0 saturated carbocycles. The number of unbranched alkanes of at least 4 members (excludes halogenated alkanes) is 1. The minimum absolute atomic E-state index is 0.209. The SMILES string of the molecule is CNC(C)(CCCCn1cccn1)C(=O)OC. The van der Waals surface area contributed by atoms with Crippen molar-refractivity contribution in [3.63, 3.8) is 0 Å². The van der Waals surface area contributed by atoms with Crippen LogP contribution in [0.1, 0.15) is 26.2 Å². The van der Waals surface area contributed by atoms with Crippen LogP contribution in [0.3, 0.4) is 0 Å². The van der Waals surface area contributed by atoms with E-state index in [4.69, 9.17) is 4.74 Å². The number of aromatic nitrogens is 2. The lowest BCUT2D eigenvalue weighted by Gasteiger charge is -2.25. The van der Waals surface area contributed by atoms with Gasteiger partial charge in [-0.1, -0.05) is 0 Å². The van der Waals surface area contributed by atoms with Crippen molar-refractivity contribution in [2.75, 3.05) is 14.2 Å². The Labute approximate surface area is 102 Å². The molecule has 0 aliphatic rings. The highest BCUT2D eigenvalue weighted by Gasteiger charge is 2.31. The number of rotatable bonds is 7. The Kier molecular flexibility index (Phi) is 5.15. The standard InChI is InChI=1S/C12H21N3O2/c1-12(13-2,11(16)17-3)7-4-5-9-15-10-6-8-14-15/h6,8,10,13H,4-5,7,9H2,1-3H3. The molecule has 0 saturated heterocycles. The molecule has 1 atom stereocenters. The third-order valence-electron chi connectivity index (χ3n) is 3.06. The Hall–Kier alpha value is -1.36. The lowest BCUT2D eigenvalue weighted by molar-refractivity contribution is -0.148. The van der Waals surface area contributed by atoms with E-state index in [0.29, 0.717) is 0 Å². The summed E-state index contributed by atoms with van der Waals surface area (Å²) in [6.07, 6.45) is 6.42. The van der Waals surface area contributed by atoms with Gasteiger partial charge in [-0.25, -0.2) is 0 Å². The van der Waals surface area contributed by atoms with Gasteiger partial charge in [0.25, 0.3) is 0 Å². The van der Waals surface area contributed by atoms with Crippen molar-refractivity contribution in [1.29, 1.82) is 0 Å². The number of hydrogen-bond donors (Lipinski definition) is 1. The van der Waals surface area contributed by atoms with E-state index in [0.717, 1.165) is 25.8 Å². The van der Waals surface area contributed by atoms with Crippen LogP contribution in [0.5, 0.6) is 0 Å². The van der Waals surface area contributed by atoms with Crippen LogP contribution in [0.4, 0.5) is 0 Å². The van der Waals surface area contributed by atoms with E-state index in [1.807, 2.05) is 23.9 Å². The number of carbonyl (C=O) groups is 1. The summed E-state index contributed by atoms with van der Waals surface area (Å²) in [5.41, 5.74) is -0.584. The summed E-state index contributed by atoms with van der Waals surface area (Å²) in [6.45, 7) is 2.75. The third kappa shape index (κ3) is 3.85. The third-order valence-corrected chi connectivity index (χ3v) is 3.06. The molecule has 1 unspecified atom stereocenters. The van der Waals surface area contributed by atoms with Crippen LogP contribution in [-0.2, 0) is 16.1 Å². The molecule has 17 heavy (non-hydrogen) atoms. The molecule has 0 aliphatic carbocycles. The Balaban J connectivity index is 2.31. The summed E-state index contributed by atoms with van der Waals surface area (Å²) >= 11 is 0. The van der Waals surface area contributed by atoms with Crippen LogP contribution < -0.4 is 5.32 Å². The molecule has 1 rings (SSSR count). The van der Waals surface area contributed by atoms with E-state index >= 15 is 0 Å². The highest BCUT2D eigenvalue weighted by atomic mass is 16.5. The number of aryl methyl sites for hydroxylation is 1. The number of nitrogens with one attached hydrogen (secondary N) is 1. The molecule has 0 fully saturated rings. The van der Waals surface area contributed by atoms with Crippen LogP contribution in [0.15, 0.2) is 18.5 Å². The van der Waals surface area contributed by atoms with Gasteiger partial charge in [-0.05, 0) is 39.3 Å². The van der Waals surface area contributed by atoms with Gasteiger partial charge in [0.15, 0.2) is 0 Å². The van der Waals surface area contributed by atoms with Gasteiger partial charge in [-0.2, -0.15) is 5.10 Å². The Morgan fingerprint density at radius 3 is 2.82 bits per heavy atom. The molecular formula is C12H21N3O2. The Morgan fingerprint density at radius 2 is 2.29 bits per heavy atom. The molecule has 0 aliphatic heterocycles. The lowest BCUT2D eigenvalue weighted by atomic mass is 9.95. The highest BCUT2D eigenvalue weighted by Crippen LogP contribution is 2.15. The van der Waals surface area contributed by atoms with Crippen LogP contribution >= 0.6 is 0 Å². The fraction of sp³-hybridized carbons (Fsp3) is 0.667. The fourth-order valence-electron chi connectivity index (χ4n) is 1.74. The van der Waals surface area contributed by atoms with E-state index in [2.05, 4.69) is 10.4 Å². The predicted octanol–water partition coefficient (Wildman–Crippen LogP) is 1.20. The zero-order valence-corrected chi connectivity index (χ0v) is 10.8. The molecule has 0 aromatic carbocycles. The van der Waals surface area contributed by atoms with E-state index in [1.54, 1.807) is 13.2 Å². The Morgan fingerprint density at radius 1 is 1.53 bits per heavy atom. The van der Waals surface area contributed by atoms with Gasteiger partial charge < -0.3 is 10.1 Å². The second-order valence-electron chi connectivity index (χ2n) is 4.30. The first-order chi connectivity index (χ1) is 8.12. The molecule has 1 heterocycles. The van der Waals surface area contributed by atoms with Crippen LogP contribution in [0.25, 0.3) is 0 Å². The van der Waals surface area contributed by atoms with Crippen molar-refractivity contribution in [3.8, 4) is 0 Å². The molecule has 1 aromatic rings. The summed E-state index contributed by atoms with van der Waals surface area (Å²) in [7, 11) is 3.20. The summed E-state index contributed by atoms with van der Waals surface area (Å²) in [5.74, 6) is -0.209. The molecule has 0 bridgehead atoms. The van der Waals surface area contributed by atoms with E-state index in [9.17, 15) is 4.79 Å². The van der Waals surface area contributed by atoms with Crippen molar-refractivity contribution < 1.29 is 9.53 Å². The normalized spacial score (nSPS) is 14.3. The van der Waals surface area contributed by atoms with Crippen molar-refractivity contribution in [1.82, 2.24) is 15.1 Å². The number of nitrogens with zero attached hydrogens (tertiary/aromatic N) is 2. The second kappa shape index (κ2) is 6.39. The molecule has 0 spiro atoms. The maximum absolute atomic E-state index is 11.6. The van der Waals surface area contributed by atoms with E-state index in [-0.39, 0.29) is 5.97 Å². The fourth-order valence-corrected chi connectivity index (χ4v) is 1.74. The van der Waals surface area contributed by atoms with Gasteiger partial charge in [0, 0.05) is 18.9 Å². The van der Waals surface area contributed by atoms with Gasteiger partial charge in [0.05, 0.1) is 7.11 Å². The van der Waals surface area contributed by atoms with Gasteiger partial charge in [-0.15, -0.1) is 0 Å². The quantitative estimate of drug-likeness (QED) is 0.574. The highest BCUT2D eigenvalue weighted by molar-refractivity contribution is 5.80. The molecular weight excluding hydrogens is 218 g/mol. The van der Waals surface area contributed by atoms with Crippen molar-refractivity contribution in [2.45, 2.75) is 38.3 Å². The molecule has 5 heteroatoms. The largest absolute Gasteiger partial charge is 0.468 e. The number of methoxy groups -OCH3 is 1. The monoisotopic (exact) mass is 239 g/mol. The van der Waals surface area contributed by atoms with Crippen molar-refractivity contribution in [3.05, 3.63) is 18.5 Å². The smallest absolute Gasteiger partial charge is 0.325 e. The first-order valence-electron chi connectivity index (χ1n) is 5.87. The average molecular weight is 239 g/mol. The molecule has 5 nitrogen and oxygen atoms in total. The number of ether oxygens (including phenoxy) is 1. The second-order valence-corrected chi connectivity index (χ2v) is 4.30. The maximum Gasteiger partial charge on any atom is 0.325 e. The number of hydrogen-bond acceptors (Lipinski definition) is 4. The maximum atomic E-state index is 11.6. The van der Waals surface area contributed by atoms with Crippen LogP contribution in [0, 0.1) is 0 Å². The number of carbonyl (C=O) groups excluding carboxylic acids is 1. The van der Waals surface area contributed by atoms with Crippen molar-refractivity contribution >= 4 is 5.97 Å². The van der Waals surface area contributed by atoms with Gasteiger partial charge >= 0.3 is 5.97 Å². The topological polar surface area (TPSA) is 56.2 Å². The Bertz CT molecular complexity index is 338. The number of likely N-dealkylation sites (N-methyl/N-ethyl adjacent to an activating group) is 1. The molecule has 1 N–H and O–H groups in total. The number of esters is 1. The summed E-state index contributed by atoms with van der Waals surface area (Å²) in [6, 6.07) is 1.91. The first-order valence-corrected chi connectivity index (χ1v) is 5.87. The first kappa shape index (κ1) is 13.7. The lowest BCUT2D eigenvalue weighted by Crippen LogP contribution is -2.48. The molecule has 1 aromatic heterocycles. The summed E-state index contributed by atoms with van der Waals surface area (Å²) in [4.78, 5) is 11.6. The van der Waals surface area contributed by atoms with Gasteiger partial charge in [0.1, 0.15) is 5.54 Å². The summed E-state index contributed by atoms with van der Waals surface area (Å²) < 4.78 is 6.69. The minimum atomic E-state index is -0.584. The van der Waals surface area contributed by atoms with Gasteiger partial charge in [-0.3, -0.25) is 9.48 Å². The zero-order chi connectivity index (χ0) is 12.7. The minimum Gasteiger partial charge on any atom is -0.468 e. The predicted molar refractivity (Wildman–Crippen MR) is 65.6 cm³/mol. The molecule has 96 valence electrons. The van der Waals surface area contributed by atoms with Crippen molar-refractivity contribution in [2.24, 2.45) is 0 Å². The molecule has 0 amide bonds. The molecule has 0 radical (unpaired) electrons. The average Bonchev–Trinajstić information content (AvgIpc) is 2.86. The van der Waals surface area contributed by atoms with E-state index in [1.165, 1.54) is 7.11 Å². The zero-order valence-electron chi connectivity index (χ0n) is 10.8. The van der Waals surface area contributed by atoms with Gasteiger partial charge in [0.2, 0.25) is 0 Å².